The Hall–Kier alpha value is -3.66. The number of hydrogen-bond donors (Lipinski definition) is 1. The molecule has 0 fully saturated rings. The SMILES string of the molecule is CCOC(=O)c1ccc(NC(=O)CN2C(=O)C(CC)=C(c3ccc(OC)cc3)S2(=O)=O)cc1. The zero-order valence-corrected chi connectivity index (χ0v) is 19.3. The highest BCUT2D eigenvalue weighted by Gasteiger charge is 2.44. The minimum Gasteiger partial charge on any atom is -0.497 e. The average molecular weight is 473 g/mol. The number of benzene rings is 2. The summed E-state index contributed by atoms with van der Waals surface area (Å²) in [5, 5.41) is 2.54. The maximum absolute atomic E-state index is 13.2. The van der Waals surface area contributed by atoms with Crippen molar-refractivity contribution >= 4 is 38.4 Å². The van der Waals surface area contributed by atoms with Crippen molar-refractivity contribution in [1.82, 2.24) is 4.31 Å². The topological polar surface area (TPSA) is 119 Å². The molecule has 2 aromatic rings. The van der Waals surface area contributed by atoms with E-state index < -0.39 is 34.4 Å². The van der Waals surface area contributed by atoms with E-state index in [1.165, 1.54) is 31.4 Å². The highest BCUT2D eigenvalue weighted by molar-refractivity contribution is 7.99. The predicted octanol–water partition coefficient (Wildman–Crippen LogP) is 2.80. The molecule has 1 aliphatic rings. The number of anilines is 1. The largest absolute Gasteiger partial charge is 0.497 e. The van der Waals surface area contributed by atoms with Crippen LogP contribution in [0.25, 0.3) is 4.91 Å². The van der Waals surface area contributed by atoms with Gasteiger partial charge in [0.05, 0.1) is 19.3 Å². The average Bonchev–Trinajstić information content (AvgIpc) is 2.99. The molecule has 0 saturated carbocycles. The van der Waals surface area contributed by atoms with E-state index in [2.05, 4.69) is 5.32 Å². The number of methoxy groups -OCH3 is 1. The second-order valence-electron chi connectivity index (χ2n) is 7.05. The van der Waals surface area contributed by atoms with Gasteiger partial charge in [0.1, 0.15) is 17.2 Å². The maximum atomic E-state index is 13.2. The Balaban J connectivity index is 1.78. The summed E-state index contributed by atoms with van der Waals surface area (Å²) in [4.78, 5) is 37.0. The van der Waals surface area contributed by atoms with Gasteiger partial charge in [-0.1, -0.05) is 6.92 Å². The quantitative estimate of drug-likeness (QED) is 0.587. The molecule has 33 heavy (non-hydrogen) atoms. The fraction of sp³-hybridized carbons (Fsp3) is 0.261. The Bertz CT molecular complexity index is 1200. The molecule has 9 nitrogen and oxygen atoms in total. The molecule has 3 rings (SSSR count). The van der Waals surface area contributed by atoms with E-state index in [0.717, 1.165) is 0 Å². The summed E-state index contributed by atoms with van der Waals surface area (Å²) in [6.45, 7) is 2.94. The fourth-order valence-corrected chi connectivity index (χ4v) is 5.20. The lowest BCUT2D eigenvalue weighted by Gasteiger charge is -2.16. The van der Waals surface area contributed by atoms with Crippen LogP contribution in [-0.2, 0) is 24.3 Å². The summed E-state index contributed by atoms with van der Waals surface area (Å²) in [6.07, 6.45) is 0.187. The number of sulfonamides is 1. The van der Waals surface area contributed by atoms with Crippen LogP contribution < -0.4 is 10.1 Å². The Morgan fingerprint density at radius 3 is 2.18 bits per heavy atom. The monoisotopic (exact) mass is 472 g/mol. The number of nitrogens with one attached hydrogen (secondary N) is 1. The van der Waals surface area contributed by atoms with Crippen LogP contribution >= 0.6 is 0 Å². The third kappa shape index (κ3) is 4.90. The first-order valence-electron chi connectivity index (χ1n) is 10.2. The Labute approximate surface area is 192 Å². The van der Waals surface area contributed by atoms with Gasteiger partial charge in [0.2, 0.25) is 5.91 Å². The molecule has 10 heteroatoms. The van der Waals surface area contributed by atoms with Gasteiger partial charge >= 0.3 is 5.97 Å². The van der Waals surface area contributed by atoms with E-state index in [1.54, 1.807) is 38.1 Å². The highest BCUT2D eigenvalue weighted by atomic mass is 32.2. The molecule has 0 aromatic heterocycles. The molecular formula is C23H24N2O7S. The highest BCUT2D eigenvalue weighted by Crippen LogP contribution is 2.37. The zero-order chi connectivity index (χ0) is 24.2. The van der Waals surface area contributed by atoms with E-state index in [0.29, 0.717) is 26.9 Å². The van der Waals surface area contributed by atoms with Crippen LogP contribution in [0.2, 0.25) is 0 Å². The van der Waals surface area contributed by atoms with Crippen LogP contribution in [0.1, 0.15) is 36.2 Å². The first-order valence-corrected chi connectivity index (χ1v) is 11.7. The predicted molar refractivity (Wildman–Crippen MR) is 122 cm³/mol. The Morgan fingerprint density at radius 2 is 1.64 bits per heavy atom. The minimum absolute atomic E-state index is 0.107. The molecule has 0 aliphatic carbocycles. The summed E-state index contributed by atoms with van der Waals surface area (Å²) in [6, 6.07) is 12.3. The van der Waals surface area contributed by atoms with E-state index in [9.17, 15) is 22.8 Å². The second kappa shape index (κ2) is 9.86. The van der Waals surface area contributed by atoms with E-state index in [1.807, 2.05) is 0 Å². The number of hydrogen-bond acceptors (Lipinski definition) is 7. The fourth-order valence-electron chi connectivity index (χ4n) is 3.39. The summed E-state index contributed by atoms with van der Waals surface area (Å²) < 4.78 is 36.9. The van der Waals surface area contributed by atoms with Crippen LogP contribution in [-0.4, -0.2) is 50.8 Å². The normalized spacial score (nSPS) is 14.9. The van der Waals surface area contributed by atoms with Gasteiger partial charge in [-0.2, -0.15) is 0 Å². The minimum atomic E-state index is -4.22. The molecular weight excluding hydrogens is 448 g/mol. The number of carbonyl (C=O) groups is 3. The van der Waals surface area contributed by atoms with Gasteiger partial charge in [-0.05, 0) is 67.4 Å². The molecule has 2 amide bonds. The van der Waals surface area contributed by atoms with Gasteiger partial charge in [0, 0.05) is 11.3 Å². The van der Waals surface area contributed by atoms with E-state index in [4.69, 9.17) is 9.47 Å². The van der Waals surface area contributed by atoms with Gasteiger partial charge < -0.3 is 14.8 Å². The number of ether oxygens (including phenoxy) is 2. The van der Waals surface area contributed by atoms with Gasteiger partial charge in [-0.15, -0.1) is 0 Å². The molecule has 0 bridgehead atoms. The van der Waals surface area contributed by atoms with Crippen molar-refractivity contribution in [3.8, 4) is 5.75 Å². The lowest BCUT2D eigenvalue weighted by Crippen LogP contribution is -2.38. The number of amides is 2. The third-order valence-corrected chi connectivity index (χ3v) is 6.85. The maximum Gasteiger partial charge on any atom is 0.338 e. The number of carbonyl (C=O) groups excluding carboxylic acids is 3. The lowest BCUT2D eigenvalue weighted by molar-refractivity contribution is -0.126. The number of rotatable bonds is 8. The van der Waals surface area contributed by atoms with Crippen LogP contribution in [0.15, 0.2) is 54.1 Å². The first-order chi connectivity index (χ1) is 15.7. The Kier molecular flexibility index (Phi) is 7.17. The molecule has 0 saturated heterocycles. The van der Waals surface area contributed by atoms with Crippen LogP contribution in [0.5, 0.6) is 5.75 Å². The van der Waals surface area contributed by atoms with Crippen LogP contribution in [0, 0.1) is 0 Å². The van der Waals surface area contributed by atoms with Gasteiger partial charge in [-0.25, -0.2) is 17.5 Å². The molecule has 0 spiro atoms. The molecule has 0 radical (unpaired) electrons. The Morgan fingerprint density at radius 1 is 1.00 bits per heavy atom. The van der Waals surface area contributed by atoms with Gasteiger partial charge in [0.15, 0.2) is 0 Å². The summed E-state index contributed by atoms with van der Waals surface area (Å²) in [5.74, 6) is -1.36. The van der Waals surface area contributed by atoms with Crippen molar-refractivity contribution in [2.75, 3.05) is 25.6 Å². The smallest absolute Gasteiger partial charge is 0.338 e. The van der Waals surface area contributed by atoms with Gasteiger partial charge in [-0.3, -0.25) is 9.59 Å². The van der Waals surface area contributed by atoms with Crippen molar-refractivity contribution in [3.63, 3.8) is 0 Å². The third-order valence-electron chi connectivity index (χ3n) is 4.98. The van der Waals surface area contributed by atoms with Crippen molar-refractivity contribution in [2.24, 2.45) is 0 Å². The van der Waals surface area contributed by atoms with Crippen molar-refractivity contribution < 1.29 is 32.3 Å². The molecule has 1 heterocycles. The van der Waals surface area contributed by atoms with E-state index >= 15 is 0 Å². The van der Waals surface area contributed by atoms with E-state index in [-0.39, 0.29) is 23.5 Å². The molecule has 0 atom stereocenters. The van der Waals surface area contributed by atoms with Crippen molar-refractivity contribution in [2.45, 2.75) is 20.3 Å². The second-order valence-corrected chi connectivity index (χ2v) is 8.85. The lowest BCUT2D eigenvalue weighted by atomic mass is 10.1. The standard InChI is InChI=1S/C23H24N2O7S/c1-4-19-21(15-8-12-18(31-3)13-9-15)33(29,30)25(22(19)27)14-20(26)24-17-10-6-16(7-11-17)23(28)32-5-2/h6-13H,4-5,14H2,1-3H3,(H,24,26). The van der Waals surface area contributed by atoms with Crippen molar-refractivity contribution in [1.29, 1.82) is 0 Å². The molecule has 1 aliphatic heterocycles. The first kappa shape index (κ1) is 24.0. The molecule has 2 aromatic carbocycles. The van der Waals surface area contributed by atoms with Crippen LogP contribution in [0.3, 0.4) is 0 Å². The number of nitrogens with zero attached hydrogens (tertiary/aromatic N) is 1. The summed E-state index contributed by atoms with van der Waals surface area (Å²) >= 11 is 0. The van der Waals surface area contributed by atoms with Gasteiger partial charge in [0.25, 0.3) is 15.9 Å². The van der Waals surface area contributed by atoms with Crippen molar-refractivity contribution in [3.05, 3.63) is 65.2 Å². The van der Waals surface area contributed by atoms with Crippen LogP contribution in [0.4, 0.5) is 5.69 Å². The zero-order valence-electron chi connectivity index (χ0n) is 18.5. The molecule has 1 N–H and O–H groups in total. The summed E-state index contributed by atoms with van der Waals surface area (Å²) in [7, 11) is -2.73. The summed E-state index contributed by atoms with van der Waals surface area (Å²) in [5.41, 5.74) is 1.12. The number of esters is 1. The molecule has 174 valence electrons. The molecule has 0 unspecified atom stereocenters.